The van der Waals surface area contributed by atoms with Crippen LogP contribution in [-0.2, 0) is 12.8 Å². The van der Waals surface area contributed by atoms with Gasteiger partial charge >= 0.3 is 6.09 Å². The first kappa shape index (κ1) is 22.2. The fraction of sp³-hybridized carbons (Fsp3) is 0.310. The third kappa shape index (κ3) is 3.62. The first-order valence-electron chi connectivity index (χ1n) is 13.0. The van der Waals surface area contributed by atoms with Gasteiger partial charge in [-0.2, -0.15) is 0 Å². The number of piperazine rings is 1. The number of ether oxygens (including phenoxy) is 1. The number of nitrogens with one attached hydrogen (secondary N) is 2. The third-order valence-electron chi connectivity index (χ3n) is 8.01. The topological polar surface area (TPSA) is 80.9 Å². The molecule has 8 nitrogen and oxygen atoms in total. The number of carbonyl (C=O) groups excluding carboxylic acids is 2. The summed E-state index contributed by atoms with van der Waals surface area (Å²) in [6, 6.07) is 16.0. The van der Waals surface area contributed by atoms with Gasteiger partial charge in [-0.25, -0.2) is 4.79 Å². The molecule has 188 valence electrons. The predicted molar refractivity (Wildman–Crippen MR) is 145 cm³/mol. The largest absolute Gasteiger partial charge is 0.415 e. The molecule has 37 heavy (non-hydrogen) atoms. The van der Waals surface area contributed by atoms with Crippen LogP contribution in [-0.4, -0.2) is 73.1 Å². The second-order valence-corrected chi connectivity index (χ2v) is 10.2. The molecule has 2 N–H and O–H groups in total. The predicted octanol–water partition coefficient (Wildman–Crippen LogP) is 4.24. The molecule has 4 aromatic rings. The van der Waals surface area contributed by atoms with E-state index in [1.54, 1.807) is 4.90 Å². The molecule has 8 heteroatoms. The van der Waals surface area contributed by atoms with E-state index in [1.165, 1.54) is 5.56 Å². The summed E-state index contributed by atoms with van der Waals surface area (Å²) in [7, 11) is 2.06. The van der Waals surface area contributed by atoms with E-state index in [-0.39, 0.29) is 12.0 Å². The Morgan fingerprint density at radius 3 is 2.51 bits per heavy atom. The summed E-state index contributed by atoms with van der Waals surface area (Å²) in [4.78, 5) is 35.9. The van der Waals surface area contributed by atoms with Crippen molar-refractivity contribution in [3.8, 4) is 5.75 Å². The highest BCUT2D eigenvalue weighted by molar-refractivity contribution is 6.11. The highest BCUT2D eigenvalue weighted by atomic mass is 16.6. The summed E-state index contributed by atoms with van der Waals surface area (Å²) in [5, 5.41) is 6.43. The molecule has 0 radical (unpaired) electrons. The van der Waals surface area contributed by atoms with Gasteiger partial charge in [0.05, 0.1) is 5.69 Å². The van der Waals surface area contributed by atoms with Crippen LogP contribution in [0.25, 0.3) is 21.7 Å². The highest BCUT2D eigenvalue weighted by Gasteiger charge is 2.31. The highest BCUT2D eigenvalue weighted by Crippen LogP contribution is 2.41. The van der Waals surface area contributed by atoms with Gasteiger partial charge in [0.15, 0.2) is 0 Å². The van der Waals surface area contributed by atoms with Crippen molar-refractivity contribution in [3.05, 3.63) is 65.4 Å². The quantitative estimate of drug-likeness (QED) is 0.435. The number of hydrogen-bond donors (Lipinski definition) is 2. The zero-order valence-electron chi connectivity index (χ0n) is 20.8. The first-order chi connectivity index (χ1) is 18.1. The Morgan fingerprint density at radius 2 is 1.68 bits per heavy atom. The number of hydrogen-bond acceptors (Lipinski definition) is 5. The van der Waals surface area contributed by atoms with E-state index in [1.807, 2.05) is 41.3 Å². The summed E-state index contributed by atoms with van der Waals surface area (Å²) in [6.07, 6.45) is 1.37. The lowest BCUT2D eigenvalue weighted by Gasteiger charge is -2.31. The van der Waals surface area contributed by atoms with Gasteiger partial charge in [-0.05, 0) is 54.6 Å². The van der Waals surface area contributed by atoms with Crippen molar-refractivity contribution in [2.75, 3.05) is 56.5 Å². The van der Waals surface area contributed by atoms with Crippen LogP contribution in [0.4, 0.5) is 16.2 Å². The second kappa shape index (κ2) is 8.52. The van der Waals surface area contributed by atoms with E-state index < -0.39 is 0 Å². The Hall–Kier alpha value is -4.04. The fourth-order valence-electron chi connectivity index (χ4n) is 5.96. The first-order valence-corrected chi connectivity index (χ1v) is 13.0. The summed E-state index contributed by atoms with van der Waals surface area (Å²) >= 11 is 0. The summed E-state index contributed by atoms with van der Waals surface area (Å²) in [6.45, 7) is 4.44. The van der Waals surface area contributed by atoms with Crippen LogP contribution in [0.3, 0.4) is 0 Å². The number of nitrogens with zero attached hydrogens (tertiary/aromatic N) is 3. The summed E-state index contributed by atoms with van der Waals surface area (Å²) in [5.74, 6) is 0.430. The lowest BCUT2D eigenvalue weighted by atomic mass is 10.0. The number of aromatic nitrogens is 1. The van der Waals surface area contributed by atoms with E-state index in [0.29, 0.717) is 31.1 Å². The van der Waals surface area contributed by atoms with Gasteiger partial charge in [0.25, 0.3) is 5.91 Å². The Bertz CT molecular complexity index is 1570. The molecule has 0 spiro atoms. The Labute approximate surface area is 214 Å². The number of carbonyl (C=O) groups is 2. The molecule has 4 heterocycles. The van der Waals surface area contributed by atoms with Gasteiger partial charge in [0.2, 0.25) is 0 Å². The van der Waals surface area contributed by atoms with E-state index >= 15 is 0 Å². The Morgan fingerprint density at radius 1 is 0.865 bits per heavy atom. The van der Waals surface area contributed by atoms with Gasteiger partial charge in [-0.15, -0.1) is 0 Å². The van der Waals surface area contributed by atoms with Crippen LogP contribution >= 0.6 is 0 Å². The number of benzene rings is 3. The molecule has 0 aliphatic carbocycles. The van der Waals surface area contributed by atoms with Crippen molar-refractivity contribution < 1.29 is 14.3 Å². The minimum atomic E-state index is -0.341. The lowest BCUT2D eigenvalue weighted by Crippen LogP contribution is -2.48. The van der Waals surface area contributed by atoms with Crippen LogP contribution < -0.4 is 15.0 Å². The van der Waals surface area contributed by atoms with E-state index in [9.17, 15) is 9.59 Å². The average Bonchev–Trinajstić information content (AvgIpc) is 3.66. The molecule has 3 aliphatic rings. The molecule has 0 unspecified atom stereocenters. The van der Waals surface area contributed by atoms with Crippen LogP contribution in [0.15, 0.2) is 48.5 Å². The maximum atomic E-state index is 13.8. The van der Waals surface area contributed by atoms with Crippen molar-refractivity contribution in [2.45, 2.75) is 12.8 Å². The molecule has 3 aliphatic heterocycles. The molecule has 0 atom stereocenters. The summed E-state index contributed by atoms with van der Waals surface area (Å²) in [5.41, 5.74) is 5.90. The smallest absolute Gasteiger partial charge is 0.409 e. The second-order valence-electron chi connectivity index (χ2n) is 10.2. The number of fused-ring (bicyclic) bond motifs is 6. The van der Waals surface area contributed by atoms with E-state index in [2.05, 4.69) is 34.4 Å². The van der Waals surface area contributed by atoms with Crippen molar-refractivity contribution in [2.24, 2.45) is 0 Å². The minimum Gasteiger partial charge on any atom is -0.409 e. The van der Waals surface area contributed by atoms with Gasteiger partial charge in [0.1, 0.15) is 11.4 Å². The molecule has 0 bridgehead atoms. The molecule has 7 rings (SSSR count). The molecule has 2 amide bonds. The lowest BCUT2D eigenvalue weighted by molar-refractivity contribution is 0.0985. The standard InChI is InChI=1S/C29H29N5O3/c1-32-12-14-33(15-13-32)29(36)37-27-17-26-20(18-4-2-3-5-21(18)27)9-11-34(26)28(35)25-16-22-19-8-10-30-23(19)6-7-24(22)31-25/h2-7,16-17,30-31H,8-15H2,1H3. The number of aromatic amines is 1. The van der Waals surface area contributed by atoms with Gasteiger partial charge < -0.3 is 29.7 Å². The Balaban J connectivity index is 1.24. The van der Waals surface area contributed by atoms with E-state index in [0.717, 1.165) is 71.1 Å². The number of likely N-dealkylation sites (N-methyl/N-ethyl adjacent to an activating group) is 1. The van der Waals surface area contributed by atoms with Gasteiger partial charge in [0, 0.05) is 67.3 Å². The van der Waals surface area contributed by atoms with Crippen molar-refractivity contribution in [1.82, 2.24) is 14.8 Å². The zero-order chi connectivity index (χ0) is 25.1. The van der Waals surface area contributed by atoms with E-state index in [4.69, 9.17) is 4.74 Å². The Kier molecular flexibility index (Phi) is 5.11. The fourth-order valence-corrected chi connectivity index (χ4v) is 5.96. The number of rotatable bonds is 2. The van der Waals surface area contributed by atoms with Crippen molar-refractivity contribution >= 4 is 45.1 Å². The third-order valence-corrected chi connectivity index (χ3v) is 8.01. The molecule has 1 fully saturated rings. The number of anilines is 2. The molecule has 3 aromatic carbocycles. The normalized spacial score (nSPS) is 17.2. The molecule has 0 saturated carbocycles. The van der Waals surface area contributed by atoms with Crippen molar-refractivity contribution in [3.63, 3.8) is 0 Å². The molecule has 1 saturated heterocycles. The van der Waals surface area contributed by atoms with Crippen LogP contribution in [0.2, 0.25) is 0 Å². The molecule has 1 aromatic heterocycles. The molecular weight excluding hydrogens is 466 g/mol. The SMILES string of the molecule is CN1CCN(C(=O)Oc2cc3c(c4ccccc24)CCN3C(=O)c2cc3c4c(ccc3[nH]2)NCC4)CC1. The van der Waals surface area contributed by atoms with Crippen LogP contribution in [0, 0.1) is 0 Å². The number of H-pyrrole nitrogens is 1. The molecular formula is C29H29N5O3. The average molecular weight is 496 g/mol. The summed E-state index contributed by atoms with van der Waals surface area (Å²) < 4.78 is 5.98. The van der Waals surface area contributed by atoms with Crippen LogP contribution in [0.5, 0.6) is 5.75 Å². The van der Waals surface area contributed by atoms with Gasteiger partial charge in [-0.1, -0.05) is 24.3 Å². The minimum absolute atomic E-state index is 0.0683. The van der Waals surface area contributed by atoms with Crippen LogP contribution in [0.1, 0.15) is 21.6 Å². The monoisotopic (exact) mass is 495 g/mol. The van der Waals surface area contributed by atoms with Crippen molar-refractivity contribution in [1.29, 1.82) is 0 Å². The zero-order valence-corrected chi connectivity index (χ0v) is 20.8. The maximum Gasteiger partial charge on any atom is 0.415 e. The van der Waals surface area contributed by atoms with Gasteiger partial charge in [-0.3, -0.25) is 4.79 Å². The maximum absolute atomic E-state index is 13.8. The number of amides is 2.